The van der Waals surface area contributed by atoms with Gasteiger partial charge in [-0.3, -0.25) is 25.8 Å². The highest BCUT2D eigenvalue weighted by Gasteiger charge is 2.33. The number of fused-ring (bicyclic) bond motifs is 1. The number of hydrazine groups is 1. The van der Waals surface area contributed by atoms with Crippen LogP contribution in [0.1, 0.15) is 18.4 Å². The monoisotopic (exact) mass is 450 g/mol. The van der Waals surface area contributed by atoms with E-state index in [0.29, 0.717) is 43.7 Å². The van der Waals surface area contributed by atoms with Gasteiger partial charge in [0.05, 0.1) is 10.5 Å². The van der Waals surface area contributed by atoms with E-state index >= 15 is 0 Å². The third-order valence-electron chi connectivity index (χ3n) is 5.18. The molecule has 11 nitrogen and oxygen atoms in total. The first-order chi connectivity index (χ1) is 15.2. The summed E-state index contributed by atoms with van der Waals surface area (Å²) in [6.45, 7) is 1.11. The highest BCUT2D eigenvalue weighted by atomic mass is 19.4. The first-order valence-electron chi connectivity index (χ1n) is 9.56. The van der Waals surface area contributed by atoms with Crippen LogP contribution in [0.15, 0.2) is 36.7 Å². The van der Waals surface area contributed by atoms with Gasteiger partial charge in [0, 0.05) is 25.1 Å². The molecular weight excluding hydrogens is 433 g/mol. The number of carbonyl (C=O) groups excluding carboxylic acids is 1. The van der Waals surface area contributed by atoms with Gasteiger partial charge in [-0.25, -0.2) is 0 Å². The fraction of sp³-hybridized carbons (Fsp3) is 0.333. The van der Waals surface area contributed by atoms with Crippen LogP contribution in [0.5, 0.6) is 0 Å². The molecular formula is C18H17F3N8O3. The molecule has 3 aromatic rings. The number of hydrogen-bond donors (Lipinski definition) is 2. The van der Waals surface area contributed by atoms with Crippen LogP contribution >= 0.6 is 0 Å². The molecule has 0 spiro atoms. The second kappa shape index (κ2) is 8.28. The molecule has 2 aromatic heterocycles. The molecule has 0 radical (unpaired) electrons. The molecule has 1 aliphatic heterocycles. The Kier molecular flexibility index (Phi) is 5.50. The maximum atomic E-state index is 12.8. The lowest BCUT2D eigenvalue weighted by atomic mass is 9.96. The Balaban J connectivity index is 1.35. The lowest BCUT2D eigenvalue weighted by Crippen LogP contribution is -2.42. The van der Waals surface area contributed by atoms with E-state index in [1.165, 1.54) is 6.33 Å². The average molecular weight is 450 g/mol. The van der Waals surface area contributed by atoms with E-state index < -0.39 is 28.3 Å². The van der Waals surface area contributed by atoms with Crippen LogP contribution in [-0.2, 0) is 11.0 Å². The Hall–Kier alpha value is -3.97. The molecule has 0 saturated carbocycles. The number of nitro groups is 1. The standard InChI is InChI=1S/C18H17F3N8O3/c19-18(20,21)12-1-2-13(14(9-12)29(31)32)23-25-17(30)11-5-7-27(8-6-11)16-4-3-15-24-22-10-28(15)26-16/h1-4,9-11,23H,5-8H2,(H,25,30). The quantitative estimate of drug-likeness (QED) is 0.448. The van der Waals surface area contributed by atoms with Gasteiger partial charge in [-0.1, -0.05) is 0 Å². The molecule has 0 aliphatic carbocycles. The Morgan fingerprint density at radius 2 is 1.94 bits per heavy atom. The Bertz CT molecular complexity index is 1160. The Morgan fingerprint density at radius 1 is 1.19 bits per heavy atom. The number of aromatic nitrogens is 4. The van der Waals surface area contributed by atoms with Crippen molar-refractivity contribution in [3.63, 3.8) is 0 Å². The van der Waals surface area contributed by atoms with Gasteiger partial charge in [-0.15, -0.1) is 15.3 Å². The molecule has 0 unspecified atom stereocenters. The molecule has 32 heavy (non-hydrogen) atoms. The summed E-state index contributed by atoms with van der Waals surface area (Å²) in [6, 6.07) is 5.65. The summed E-state index contributed by atoms with van der Waals surface area (Å²) in [5.74, 6) is -0.0540. The molecule has 1 fully saturated rings. The predicted octanol–water partition coefficient (Wildman–Crippen LogP) is 2.41. The fourth-order valence-corrected chi connectivity index (χ4v) is 3.45. The lowest BCUT2D eigenvalue weighted by molar-refractivity contribution is -0.384. The van der Waals surface area contributed by atoms with Crippen molar-refractivity contribution in [2.24, 2.45) is 5.92 Å². The maximum absolute atomic E-state index is 12.8. The van der Waals surface area contributed by atoms with Crippen molar-refractivity contribution in [1.29, 1.82) is 0 Å². The minimum absolute atomic E-state index is 0.236. The van der Waals surface area contributed by atoms with Crippen molar-refractivity contribution in [3.8, 4) is 0 Å². The van der Waals surface area contributed by atoms with Gasteiger partial charge >= 0.3 is 6.18 Å². The van der Waals surface area contributed by atoms with Gasteiger partial charge < -0.3 is 4.90 Å². The Morgan fingerprint density at radius 3 is 2.62 bits per heavy atom. The molecule has 1 saturated heterocycles. The number of piperidine rings is 1. The first-order valence-corrected chi connectivity index (χ1v) is 9.56. The van der Waals surface area contributed by atoms with Crippen molar-refractivity contribution in [2.45, 2.75) is 19.0 Å². The molecule has 1 amide bonds. The lowest BCUT2D eigenvalue weighted by Gasteiger charge is -2.32. The van der Waals surface area contributed by atoms with Gasteiger partial charge in [0.15, 0.2) is 5.65 Å². The zero-order valence-electron chi connectivity index (χ0n) is 16.4. The highest BCUT2D eigenvalue weighted by Crippen LogP contribution is 2.34. The number of alkyl halides is 3. The second-order valence-corrected chi connectivity index (χ2v) is 7.19. The van der Waals surface area contributed by atoms with Crippen LogP contribution in [0.2, 0.25) is 0 Å². The second-order valence-electron chi connectivity index (χ2n) is 7.19. The molecule has 1 aliphatic rings. The molecule has 2 N–H and O–H groups in total. The summed E-state index contributed by atoms with van der Waals surface area (Å²) in [7, 11) is 0. The molecule has 3 heterocycles. The number of nitrogens with zero attached hydrogens (tertiary/aromatic N) is 6. The zero-order valence-corrected chi connectivity index (χ0v) is 16.4. The molecule has 0 atom stereocenters. The van der Waals surface area contributed by atoms with Crippen molar-refractivity contribution >= 4 is 28.7 Å². The molecule has 4 rings (SSSR count). The molecule has 14 heteroatoms. The third kappa shape index (κ3) is 4.38. The molecule has 0 bridgehead atoms. The number of halogens is 3. The minimum atomic E-state index is -4.71. The van der Waals surface area contributed by atoms with Crippen molar-refractivity contribution in [2.75, 3.05) is 23.4 Å². The number of benzene rings is 1. The normalized spacial score (nSPS) is 15.0. The third-order valence-corrected chi connectivity index (χ3v) is 5.18. The number of hydrogen-bond acceptors (Lipinski definition) is 8. The van der Waals surface area contributed by atoms with E-state index in [0.717, 1.165) is 11.9 Å². The van der Waals surface area contributed by atoms with E-state index in [9.17, 15) is 28.1 Å². The fourth-order valence-electron chi connectivity index (χ4n) is 3.45. The number of amides is 1. The zero-order chi connectivity index (χ0) is 22.9. The van der Waals surface area contributed by atoms with Crippen molar-refractivity contribution in [3.05, 3.63) is 52.3 Å². The number of nitro benzene ring substituents is 1. The minimum Gasteiger partial charge on any atom is -0.355 e. The van der Waals surface area contributed by atoms with Crippen molar-refractivity contribution < 1.29 is 22.9 Å². The van der Waals surface area contributed by atoms with Gasteiger partial charge in [-0.05, 0) is 37.1 Å². The number of carbonyl (C=O) groups is 1. The smallest absolute Gasteiger partial charge is 0.355 e. The molecule has 1 aromatic carbocycles. The number of rotatable bonds is 5. The SMILES string of the molecule is O=C(NNc1ccc(C(F)(F)F)cc1[N+](=O)[O-])C1CCN(c2ccc3nncn3n2)CC1. The summed E-state index contributed by atoms with van der Waals surface area (Å²) in [6.07, 6.45) is -2.21. The predicted molar refractivity (Wildman–Crippen MR) is 106 cm³/mol. The van der Waals surface area contributed by atoms with Crippen LogP contribution in [0.25, 0.3) is 5.65 Å². The van der Waals surface area contributed by atoms with Crippen LogP contribution in [0.3, 0.4) is 0 Å². The van der Waals surface area contributed by atoms with Crippen molar-refractivity contribution in [1.82, 2.24) is 25.2 Å². The summed E-state index contributed by atoms with van der Waals surface area (Å²) < 4.78 is 40.0. The maximum Gasteiger partial charge on any atom is 0.416 e. The van der Waals surface area contributed by atoms with Crippen LogP contribution in [-0.4, -0.2) is 43.7 Å². The summed E-state index contributed by atoms with van der Waals surface area (Å²) in [4.78, 5) is 24.7. The van der Waals surface area contributed by atoms with Crippen LogP contribution < -0.4 is 15.8 Å². The number of anilines is 2. The summed E-state index contributed by atoms with van der Waals surface area (Å²) in [5.41, 5.74) is 3.19. The molecule has 168 valence electrons. The average Bonchev–Trinajstić information content (AvgIpc) is 3.24. The van der Waals surface area contributed by atoms with E-state index in [2.05, 4.69) is 26.1 Å². The number of nitrogens with one attached hydrogen (secondary N) is 2. The van der Waals surface area contributed by atoms with Gasteiger partial charge in [0.2, 0.25) is 5.91 Å². The van der Waals surface area contributed by atoms with Crippen LogP contribution in [0.4, 0.5) is 30.4 Å². The van der Waals surface area contributed by atoms with E-state index in [1.807, 2.05) is 11.0 Å². The largest absolute Gasteiger partial charge is 0.416 e. The van der Waals surface area contributed by atoms with Gasteiger partial charge in [0.1, 0.15) is 17.8 Å². The van der Waals surface area contributed by atoms with Gasteiger partial charge in [0.25, 0.3) is 5.69 Å². The van der Waals surface area contributed by atoms with E-state index in [1.54, 1.807) is 10.6 Å². The highest BCUT2D eigenvalue weighted by molar-refractivity contribution is 5.81. The van der Waals surface area contributed by atoms with E-state index in [4.69, 9.17) is 0 Å². The van der Waals surface area contributed by atoms with Gasteiger partial charge in [-0.2, -0.15) is 17.7 Å². The Labute approximate surface area is 178 Å². The van der Waals surface area contributed by atoms with Crippen LogP contribution in [0, 0.1) is 16.0 Å². The topological polar surface area (TPSA) is 131 Å². The summed E-state index contributed by atoms with van der Waals surface area (Å²) in [5, 5.41) is 23.2. The van der Waals surface area contributed by atoms with E-state index in [-0.39, 0.29) is 11.6 Å². The first kappa shape index (κ1) is 21.3. The summed E-state index contributed by atoms with van der Waals surface area (Å²) >= 11 is 0.